The van der Waals surface area contributed by atoms with Gasteiger partial charge in [0.2, 0.25) is 0 Å². The summed E-state index contributed by atoms with van der Waals surface area (Å²) in [6.45, 7) is 1.99. The first-order valence-corrected chi connectivity index (χ1v) is 5.73. The zero-order valence-corrected chi connectivity index (χ0v) is 10.8. The van der Waals surface area contributed by atoms with Crippen LogP contribution in [0.2, 0.25) is 5.02 Å². The molecule has 2 nitrogen and oxygen atoms in total. The second-order valence-electron chi connectivity index (χ2n) is 3.32. The third kappa shape index (κ3) is 1.70. The van der Waals surface area contributed by atoms with Crippen LogP contribution in [-0.2, 0) is 0 Å². The van der Waals surface area contributed by atoms with Crippen molar-refractivity contribution in [1.29, 1.82) is 0 Å². The molecule has 2 rings (SSSR count). The molecule has 1 aromatic carbocycles. The molecule has 0 unspecified atom stereocenters. The predicted octanol–water partition coefficient (Wildman–Crippen LogP) is 4.00. The molecule has 0 radical (unpaired) electrons. The van der Waals surface area contributed by atoms with Crippen molar-refractivity contribution >= 4 is 44.1 Å². The minimum Gasteiger partial charge on any atom is -0.387 e. The van der Waals surface area contributed by atoms with E-state index in [2.05, 4.69) is 26.2 Å². The van der Waals surface area contributed by atoms with Gasteiger partial charge in [-0.1, -0.05) is 11.6 Å². The number of pyridine rings is 1. The van der Waals surface area contributed by atoms with E-state index >= 15 is 0 Å². The fourth-order valence-electron chi connectivity index (χ4n) is 1.59. The lowest BCUT2D eigenvalue weighted by Crippen LogP contribution is -1.93. The first-order chi connectivity index (χ1) is 7.15. The van der Waals surface area contributed by atoms with E-state index in [-0.39, 0.29) is 0 Å². The summed E-state index contributed by atoms with van der Waals surface area (Å²) in [4.78, 5) is 4.32. The van der Waals surface area contributed by atoms with Gasteiger partial charge in [0, 0.05) is 28.8 Å². The highest BCUT2D eigenvalue weighted by molar-refractivity contribution is 9.10. The number of nitrogens with one attached hydrogen (secondary N) is 1. The van der Waals surface area contributed by atoms with Gasteiger partial charge in [-0.3, -0.25) is 4.98 Å². The maximum absolute atomic E-state index is 6.28. The number of aryl methyl sites for hydroxylation is 1. The summed E-state index contributed by atoms with van der Waals surface area (Å²) < 4.78 is 0.969. The standard InChI is InChI=1S/C11H10BrClN2/c1-6-5-7(12)11-9(10(6)13)8(14-2)3-4-15-11/h3-5H,1-2H3,(H,14,15). The summed E-state index contributed by atoms with van der Waals surface area (Å²) in [6, 6.07) is 3.90. The Balaban J connectivity index is 2.96. The SMILES string of the molecule is CNc1ccnc2c(Br)cc(C)c(Cl)c12. The minimum atomic E-state index is 0.755. The van der Waals surface area contributed by atoms with Crippen LogP contribution < -0.4 is 5.32 Å². The normalized spacial score (nSPS) is 10.7. The van der Waals surface area contributed by atoms with Crippen molar-refractivity contribution in [3.8, 4) is 0 Å². The topological polar surface area (TPSA) is 24.9 Å². The van der Waals surface area contributed by atoms with E-state index in [9.17, 15) is 0 Å². The van der Waals surface area contributed by atoms with Crippen molar-refractivity contribution < 1.29 is 0 Å². The number of hydrogen-bond donors (Lipinski definition) is 1. The molecule has 0 atom stereocenters. The fraction of sp³-hybridized carbons (Fsp3) is 0.182. The zero-order chi connectivity index (χ0) is 11.0. The molecule has 0 saturated heterocycles. The summed E-state index contributed by atoms with van der Waals surface area (Å²) in [5, 5.41) is 4.84. The molecule has 15 heavy (non-hydrogen) atoms. The van der Waals surface area contributed by atoms with Gasteiger partial charge in [0.25, 0.3) is 0 Å². The highest BCUT2D eigenvalue weighted by Gasteiger charge is 2.10. The van der Waals surface area contributed by atoms with Crippen LogP contribution in [0.1, 0.15) is 5.56 Å². The second kappa shape index (κ2) is 3.99. The van der Waals surface area contributed by atoms with Gasteiger partial charge in [0.1, 0.15) is 0 Å². The van der Waals surface area contributed by atoms with Crippen LogP contribution in [0, 0.1) is 6.92 Å². The molecular formula is C11H10BrClN2. The van der Waals surface area contributed by atoms with Crippen molar-refractivity contribution in [2.24, 2.45) is 0 Å². The van der Waals surface area contributed by atoms with Crippen molar-refractivity contribution in [2.75, 3.05) is 12.4 Å². The molecule has 1 N–H and O–H groups in total. The molecule has 4 heteroatoms. The van der Waals surface area contributed by atoms with Gasteiger partial charge in [-0.2, -0.15) is 0 Å². The Morgan fingerprint density at radius 2 is 2.20 bits per heavy atom. The van der Waals surface area contributed by atoms with Crippen molar-refractivity contribution in [2.45, 2.75) is 6.92 Å². The minimum absolute atomic E-state index is 0.755. The van der Waals surface area contributed by atoms with Crippen LogP contribution in [0.4, 0.5) is 5.69 Å². The van der Waals surface area contributed by atoms with Crippen molar-refractivity contribution in [1.82, 2.24) is 4.98 Å². The first-order valence-electron chi connectivity index (χ1n) is 4.56. The molecule has 1 heterocycles. The van der Waals surface area contributed by atoms with Gasteiger partial charge in [0.05, 0.1) is 10.5 Å². The van der Waals surface area contributed by atoms with E-state index in [1.807, 2.05) is 26.1 Å². The van der Waals surface area contributed by atoms with Gasteiger partial charge in [-0.15, -0.1) is 0 Å². The average molecular weight is 286 g/mol. The molecule has 0 bridgehead atoms. The third-order valence-corrected chi connectivity index (χ3v) is 3.45. The fourth-order valence-corrected chi connectivity index (χ4v) is 2.48. The maximum atomic E-state index is 6.28. The highest BCUT2D eigenvalue weighted by Crippen LogP contribution is 2.35. The largest absolute Gasteiger partial charge is 0.387 e. The van der Waals surface area contributed by atoms with E-state index in [1.54, 1.807) is 6.20 Å². The molecule has 0 saturated carbocycles. The molecule has 2 aromatic rings. The van der Waals surface area contributed by atoms with Crippen molar-refractivity contribution in [3.63, 3.8) is 0 Å². The van der Waals surface area contributed by atoms with Crippen LogP contribution in [0.5, 0.6) is 0 Å². The molecule has 0 amide bonds. The third-order valence-electron chi connectivity index (χ3n) is 2.36. The molecule has 0 aliphatic carbocycles. The highest BCUT2D eigenvalue weighted by atomic mass is 79.9. The first kappa shape index (κ1) is 10.7. The zero-order valence-electron chi connectivity index (χ0n) is 8.44. The summed E-state index contributed by atoms with van der Waals surface area (Å²) in [6.07, 6.45) is 1.77. The summed E-state index contributed by atoms with van der Waals surface area (Å²) in [5.41, 5.74) is 2.92. The Kier molecular flexibility index (Phi) is 2.85. The van der Waals surface area contributed by atoms with Gasteiger partial charge < -0.3 is 5.32 Å². The Labute approximate surface area is 102 Å². The Morgan fingerprint density at radius 3 is 2.87 bits per heavy atom. The lowest BCUT2D eigenvalue weighted by molar-refractivity contribution is 1.37. The Bertz CT molecular complexity index is 525. The molecule has 1 aromatic heterocycles. The quantitative estimate of drug-likeness (QED) is 0.856. The number of hydrogen-bond acceptors (Lipinski definition) is 2. The van der Waals surface area contributed by atoms with Gasteiger partial charge in [0.15, 0.2) is 0 Å². The predicted molar refractivity (Wildman–Crippen MR) is 68.7 cm³/mol. The maximum Gasteiger partial charge on any atom is 0.0879 e. The van der Waals surface area contributed by atoms with Crippen LogP contribution in [-0.4, -0.2) is 12.0 Å². The Morgan fingerprint density at radius 1 is 1.47 bits per heavy atom. The van der Waals surface area contributed by atoms with Crippen LogP contribution in [0.15, 0.2) is 22.8 Å². The van der Waals surface area contributed by atoms with Crippen molar-refractivity contribution in [3.05, 3.63) is 33.4 Å². The van der Waals surface area contributed by atoms with E-state index < -0.39 is 0 Å². The summed E-state index contributed by atoms with van der Waals surface area (Å²) >= 11 is 9.78. The smallest absolute Gasteiger partial charge is 0.0879 e. The number of aromatic nitrogens is 1. The van der Waals surface area contributed by atoms with E-state index in [1.165, 1.54) is 0 Å². The van der Waals surface area contributed by atoms with Gasteiger partial charge >= 0.3 is 0 Å². The van der Waals surface area contributed by atoms with Gasteiger partial charge in [-0.05, 0) is 40.5 Å². The number of halogens is 2. The summed E-state index contributed by atoms with van der Waals surface area (Å²) in [7, 11) is 1.88. The van der Waals surface area contributed by atoms with E-state index in [0.717, 1.165) is 31.6 Å². The number of fused-ring (bicyclic) bond motifs is 1. The van der Waals surface area contributed by atoms with E-state index in [4.69, 9.17) is 11.6 Å². The Hall–Kier alpha value is -0.800. The van der Waals surface area contributed by atoms with Crippen LogP contribution in [0.25, 0.3) is 10.9 Å². The number of rotatable bonds is 1. The van der Waals surface area contributed by atoms with Crippen LogP contribution in [0.3, 0.4) is 0 Å². The molecule has 0 fully saturated rings. The molecule has 0 aliphatic heterocycles. The van der Waals surface area contributed by atoms with Crippen LogP contribution >= 0.6 is 27.5 Å². The van der Waals surface area contributed by atoms with E-state index in [0.29, 0.717) is 0 Å². The average Bonchev–Trinajstić information content (AvgIpc) is 2.25. The summed E-state index contributed by atoms with van der Waals surface area (Å²) in [5.74, 6) is 0. The second-order valence-corrected chi connectivity index (χ2v) is 4.55. The molecular weight excluding hydrogens is 275 g/mol. The number of anilines is 1. The lowest BCUT2D eigenvalue weighted by Gasteiger charge is -2.10. The molecule has 78 valence electrons. The number of benzene rings is 1. The molecule has 0 spiro atoms. The monoisotopic (exact) mass is 284 g/mol. The lowest BCUT2D eigenvalue weighted by atomic mass is 10.1. The van der Waals surface area contributed by atoms with Gasteiger partial charge in [-0.25, -0.2) is 0 Å². The molecule has 0 aliphatic rings. The number of nitrogens with zero attached hydrogens (tertiary/aromatic N) is 1.